The largest absolute Gasteiger partial charge is 0.507 e. The lowest BCUT2D eigenvalue weighted by atomic mass is 9.99. The van der Waals surface area contributed by atoms with Crippen LogP contribution in [0.4, 0.5) is 4.39 Å². The summed E-state index contributed by atoms with van der Waals surface area (Å²) in [6.45, 7) is 8.44. The smallest absolute Gasteiger partial charge is 0.232 e. The van der Waals surface area contributed by atoms with Crippen LogP contribution in [-0.2, 0) is 6.54 Å². The van der Waals surface area contributed by atoms with Crippen LogP contribution in [0, 0.1) is 12.7 Å². The van der Waals surface area contributed by atoms with E-state index in [4.69, 9.17) is 4.74 Å². The van der Waals surface area contributed by atoms with Crippen LogP contribution < -0.4 is 4.74 Å². The van der Waals surface area contributed by atoms with Crippen molar-refractivity contribution in [2.75, 3.05) is 13.1 Å². The molecule has 0 saturated heterocycles. The van der Waals surface area contributed by atoms with E-state index in [1.807, 2.05) is 0 Å². The molecule has 0 aliphatic carbocycles. The second-order valence-electron chi connectivity index (χ2n) is 7.84. The van der Waals surface area contributed by atoms with Crippen LogP contribution in [-0.4, -0.2) is 28.9 Å². The number of ether oxygens (including phenoxy) is 1. The first-order chi connectivity index (χ1) is 14.5. The summed E-state index contributed by atoms with van der Waals surface area (Å²) in [5.74, 6) is -0.0795. The molecule has 0 fully saturated rings. The van der Waals surface area contributed by atoms with Gasteiger partial charge in [0.05, 0.1) is 11.1 Å². The molecular weight excluding hydrogens is 381 g/mol. The summed E-state index contributed by atoms with van der Waals surface area (Å²) in [4.78, 5) is 15.3. The Balaban J connectivity index is 1.96. The maximum absolute atomic E-state index is 14.1. The standard InChI is InChI=1S/C25H30FNO3/c1-4-6-12-27(13-7-5-2)16-19-21(28)14-17(3)23-24(29)22(30-25(19)23)15-18-10-8-9-11-20(18)26/h8-11,14-15,28H,4-7,12-13,16H2,1-3H3/b22-15+. The van der Waals surface area contributed by atoms with E-state index in [1.165, 1.54) is 12.1 Å². The number of aryl methyl sites for hydroxylation is 1. The summed E-state index contributed by atoms with van der Waals surface area (Å²) in [7, 11) is 0. The van der Waals surface area contributed by atoms with Crippen molar-refractivity contribution in [3.8, 4) is 11.5 Å². The van der Waals surface area contributed by atoms with E-state index in [-0.39, 0.29) is 17.3 Å². The van der Waals surface area contributed by atoms with Gasteiger partial charge in [-0.1, -0.05) is 44.9 Å². The lowest BCUT2D eigenvalue weighted by Crippen LogP contribution is -2.26. The van der Waals surface area contributed by atoms with Crippen molar-refractivity contribution in [2.45, 2.75) is 53.0 Å². The van der Waals surface area contributed by atoms with E-state index < -0.39 is 5.82 Å². The zero-order valence-electron chi connectivity index (χ0n) is 18.0. The number of phenolic OH excluding ortho intramolecular Hbond substituents is 1. The van der Waals surface area contributed by atoms with Crippen LogP contribution in [0.5, 0.6) is 11.5 Å². The van der Waals surface area contributed by atoms with Crippen molar-refractivity contribution in [3.63, 3.8) is 0 Å². The minimum atomic E-state index is -0.414. The van der Waals surface area contributed by atoms with Crippen molar-refractivity contribution in [2.24, 2.45) is 0 Å². The van der Waals surface area contributed by atoms with Gasteiger partial charge in [-0.15, -0.1) is 0 Å². The zero-order valence-corrected chi connectivity index (χ0v) is 18.0. The van der Waals surface area contributed by atoms with Crippen LogP contribution in [0.15, 0.2) is 36.1 Å². The summed E-state index contributed by atoms with van der Waals surface area (Å²) in [6, 6.07) is 7.89. The Bertz CT molecular complexity index is 944. The molecule has 3 rings (SSSR count). The van der Waals surface area contributed by atoms with Crippen molar-refractivity contribution in [3.05, 3.63) is 64.2 Å². The molecule has 0 unspecified atom stereocenters. The molecule has 0 saturated carbocycles. The molecule has 2 aromatic carbocycles. The first-order valence-corrected chi connectivity index (χ1v) is 10.7. The molecule has 0 spiro atoms. The topological polar surface area (TPSA) is 49.8 Å². The number of halogens is 1. The van der Waals surface area contributed by atoms with Gasteiger partial charge in [0.1, 0.15) is 17.3 Å². The van der Waals surface area contributed by atoms with Crippen molar-refractivity contribution >= 4 is 11.9 Å². The fraction of sp³-hybridized carbons (Fsp3) is 0.400. The van der Waals surface area contributed by atoms with Crippen molar-refractivity contribution in [1.82, 2.24) is 4.90 Å². The number of ketones is 1. The Morgan fingerprint density at radius 3 is 2.43 bits per heavy atom. The highest BCUT2D eigenvalue weighted by atomic mass is 19.1. The third kappa shape index (κ3) is 4.73. The third-order valence-corrected chi connectivity index (χ3v) is 5.45. The van der Waals surface area contributed by atoms with E-state index >= 15 is 0 Å². The SMILES string of the molecule is CCCCN(CCCC)Cc1c(O)cc(C)c2c1O/C(=C/c1ccccc1F)C2=O. The molecular formula is C25H30FNO3. The predicted molar refractivity (Wildman–Crippen MR) is 117 cm³/mol. The van der Waals surface area contributed by atoms with Gasteiger partial charge in [-0.05, 0) is 56.6 Å². The van der Waals surface area contributed by atoms with E-state index in [0.29, 0.717) is 34.5 Å². The molecule has 30 heavy (non-hydrogen) atoms. The number of hydrogen-bond acceptors (Lipinski definition) is 4. The highest BCUT2D eigenvalue weighted by Crippen LogP contribution is 2.42. The lowest BCUT2D eigenvalue weighted by Gasteiger charge is -2.23. The number of unbranched alkanes of at least 4 members (excludes halogenated alkanes) is 2. The van der Waals surface area contributed by atoms with Crippen molar-refractivity contribution < 1.29 is 19.0 Å². The number of allylic oxidation sites excluding steroid dienone is 1. The first-order valence-electron chi connectivity index (χ1n) is 10.7. The Hall–Kier alpha value is -2.66. The minimum absolute atomic E-state index is 0.0821. The molecule has 1 heterocycles. The van der Waals surface area contributed by atoms with Gasteiger partial charge in [-0.2, -0.15) is 0 Å². The Morgan fingerprint density at radius 2 is 1.80 bits per heavy atom. The number of Topliss-reactive ketones (excluding diaryl/α,β-unsaturated/α-hetero) is 1. The number of rotatable bonds is 9. The third-order valence-electron chi connectivity index (χ3n) is 5.45. The summed E-state index contributed by atoms with van der Waals surface area (Å²) in [5, 5.41) is 10.7. The van der Waals surface area contributed by atoms with Crippen LogP contribution in [0.1, 0.15) is 66.6 Å². The van der Waals surface area contributed by atoms with Gasteiger partial charge in [-0.3, -0.25) is 9.69 Å². The van der Waals surface area contributed by atoms with Crippen LogP contribution in [0.25, 0.3) is 6.08 Å². The summed E-state index contributed by atoms with van der Waals surface area (Å²) < 4.78 is 20.0. The molecule has 2 aromatic rings. The number of benzene rings is 2. The number of phenols is 1. The molecule has 0 atom stereocenters. The molecule has 1 N–H and O–H groups in total. The van der Waals surface area contributed by atoms with Gasteiger partial charge < -0.3 is 9.84 Å². The molecule has 1 aliphatic rings. The quantitative estimate of drug-likeness (QED) is 0.525. The molecule has 160 valence electrons. The Labute approximate surface area is 178 Å². The lowest BCUT2D eigenvalue weighted by molar-refractivity contribution is 0.101. The second-order valence-corrected chi connectivity index (χ2v) is 7.84. The van der Waals surface area contributed by atoms with Crippen LogP contribution in [0.2, 0.25) is 0 Å². The molecule has 4 nitrogen and oxygen atoms in total. The van der Waals surface area contributed by atoms with Gasteiger partial charge in [-0.25, -0.2) is 4.39 Å². The fourth-order valence-corrected chi connectivity index (χ4v) is 3.72. The fourth-order valence-electron chi connectivity index (χ4n) is 3.72. The first kappa shape index (κ1) is 22.0. The average molecular weight is 412 g/mol. The van der Waals surface area contributed by atoms with Gasteiger partial charge >= 0.3 is 0 Å². The highest BCUT2D eigenvalue weighted by Gasteiger charge is 2.33. The Kier molecular flexibility index (Phi) is 7.27. The summed E-state index contributed by atoms with van der Waals surface area (Å²) in [6.07, 6.45) is 5.74. The normalized spacial score (nSPS) is 14.4. The number of nitrogens with zero attached hydrogens (tertiary/aromatic N) is 1. The van der Waals surface area contributed by atoms with Crippen LogP contribution >= 0.6 is 0 Å². The average Bonchev–Trinajstić information content (AvgIpc) is 3.05. The van der Waals surface area contributed by atoms with E-state index in [1.54, 1.807) is 31.2 Å². The second kappa shape index (κ2) is 9.90. The van der Waals surface area contributed by atoms with Crippen LogP contribution in [0.3, 0.4) is 0 Å². The molecule has 0 amide bonds. The van der Waals surface area contributed by atoms with Gasteiger partial charge in [0.15, 0.2) is 5.76 Å². The highest BCUT2D eigenvalue weighted by molar-refractivity contribution is 6.15. The van der Waals surface area contributed by atoms with Gasteiger partial charge in [0.2, 0.25) is 5.78 Å². The minimum Gasteiger partial charge on any atom is -0.507 e. The maximum Gasteiger partial charge on any atom is 0.232 e. The van der Waals surface area contributed by atoms with E-state index in [0.717, 1.165) is 38.8 Å². The van der Waals surface area contributed by atoms with Gasteiger partial charge in [0, 0.05) is 12.1 Å². The number of carbonyl (C=O) groups excluding carboxylic acids is 1. The number of carbonyl (C=O) groups is 1. The molecule has 0 bridgehead atoms. The maximum atomic E-state index is 14.1. The monoisotopic (exact) mass is 411 g/mol. The number of aromatic hydroxyl groups is 1. The molecule has 1 aliphatic heterocycles. The summed E-state index contributed by atoms with van der Waals surface area (Å²) in [5.41, 5.74) is 2.02. The van der Waals surface area contributed by atoms with E-state index in [9.17, 15) is 14.3 Å². The van der Waals surface area contributed by atoms with Gasteiger partial charge in [0.25, 0.3) is 0 Å². The Morgan fingerprint density at radius 1 is 1.13 bits per heavy atom. The molecule has 0 radical (unpaired) electrons. The van der Waals surface area contributed by atoms with E-state index in [2.05, 4.69) is 18.7 Å². The predicted octanol–water partition coefficient (Wildman–Crippen LogP) is 5.86. The number of hydrogen-bond donors (Lipinski definition) is 1. The summed E-state index contributed by atoms with van der Waals surface area (Å²) >= 11 is 0. The zero-order chi connectivity index (χ0) is 21.7. The van der Waals surface area contributed by atoms with Crippen molar-refractivity contribution in [1.29, 1.82) is 0 Å². The molecule has 5 heteroatoms. The molecule has 0 aromatic heterocycles. The number of fused-ring (bicyclic) bond motifs is 1.